The van der Waals surface area contributed by atoms with Crippen LogP contribution in [0, 0.1) is 0 Å². The van der Waals surface area contributed by atoms with Crippen molar-refractivity contribution in [1.82, 2.24) is 0 Å². The van der Waals surface area contributed by atoms with Crippen molar-refractivity contribution in [2.45, 2.75) is 6.42 Å². The third kappa shape index (κ3) is 6.33. The van der Waals surface area contributed by atoms with Gasteiger partial charge in [0.15, 0.2) is 29.4 Å². The van der Waals surface area contributed by atoms with Crippen LogP contribution in [-0.4, -0.2) is 46.7 Å². The van der Waals surface area contributed by atoms with Crippen LogP contribution in [0.4, 0.5) is 0 Å². The second-order valence-corrected chi connectivity index (χ2v) is 6.30. The van der Waals surface area contributed by atoms with E-state index in [0.717, 1.165) is 18.2 Å². The molecule has 0 amide bonds. The van der Waals surface area contributed by atoms with Crippen LogP contribution in [0.3, 0.4) is 0 Å². The first-order chi connectivity index (χ1) is 14.7. The summed E-state index contributed by atoms with van der Waals surface area (Å²) in [5.74, 6) is -3.72. The fourth-order valence-electron chi connectivity index (χ4n) is 2.49. The van der Waals surface area contributed by atoms with E-state index in [-0.39, 0.29) is 23.3 Å². The highest BCUT2D eigenvalue weighted by Gasteiger charge is 2.19. The number of aromatic hydroxyl groups is 2. The Morgan fingerprint density at radius 3 is 1.97 bits per heavy atom. The standard InChI is InChI=1S/C23H18O8/c1-31-22-11-15(5-9-20(22)28)3-7-17(26)12-16(25)6-2-14-4-8-19(27)18(10-14)23(30)21(29)13-24/h2-11,13,27-28H,12H2,1H3. The van der Waals surface area contributed by atoms with Crippen LogP contribution >= 0.6 is 0 Å². The SMILES string of the molecule is COc1cc(C=CC(=O)CC(=O)C=Cc2ccc(O)c(C(=O)C(=O)C=O)c2)ccc1O. The maximum Gasteiger partial charge on any atom is 0.265 e. The van der Waals surface area contributed by atoms with Gasteiger partial charge in [-0.3, -0.25) is 24.0 Å². The van der Waals surface area contributed by atoms with E-state index in [4.69, 9.17) is 4.74 Å². The smallest absolute Gasteiger partial charge is 0.265 e. The Hall–Kier alpha value is -4.33. The Morgan fingerprint density at radius 1 is 0.871 bits per heavy atom. The van der Waals surface area contributed by atoms with Gasteiger partial charge >= 0.3 is 0 Å². The molecule has 0 unspecified atom stereocenters. The van der Waals surface area contributed by atoms with Crippen LogP contribution in [0.5, 0.6) is 17.2 Å². The number of benzene rings is 2. The molecule has 0 heterocycles. The van der Waals surface area contributed by atoms with E-state index in [0.29, 0.717) is 11.1 Å². The quantitative estimate of drug-likeness (QED) is 0.196. The van der Waals surface area contributed by atoms with Crippen molar-refractivity contribution < 1.29 is 38.9 Å². The average molecular weight is 422 g/mol. The predicted octanol–water partition coefficient (Wildman–Crippen LogP) is 2.31. The summed E-state index contributed by atoms with van der Waals surface area (Å²) < 4.78 is 4.98. The highest BCUT2D eigenvalue weighted by atomic mass is 16.5. The van der Waals surface area contributed by atoms with Crippen molar-refractivity contribution in [1.29, 1.82) is 0 Å². The van der Waals surface area contributed by atoms with E-state index in [1.54, 1.807) is 6.07 Å². The molecule has 0 aliphatic rings. The van der Waals surface area contributed by atoms with E-state index in [1.165, 1.54) is 43.5 Å². The van der Waals surface area contributed by atoms with Crippen molar-refractivity contribution >= 4 is 41.6 Å². The Kier molecular flexibility index (Phi) is 7.74. The number of allylic oxidation sites excluding steroid dienone is 2. The first-order valence-corrected chi connectivity index (χ1v) is 8.91. The highest BCUT2D eigenvalue weighted by molar-refractivity contribution is 6.61. The fourth-order valence-corrected chi connectivity index (χ4v) is 2.49. The van der Waals surface area contributed by atoms with E-state index < -0.39 is 35.3 Å². The molecule has 0 fully saturated rings. The molecule has 8 nitrogen and oxygen atoms in total. The van der Waals surface area contributed by atoms with Gasteiger partial charge in [-0.15, -0.1) is 0 Å². The van der Waals surface area contributed by atoms with E-state index in [2.05, 4.69) is 0 Å². The monoisotopic (exact) mass is 422 g/mol. The van der Waals surface area contributed by atoms with Crippen LogP contribution < -0.4 is 4.74 Å². The minimum Gasteiger partial charge on any atom is -0.507 e. The first kappa shape index (κ1) is 23.0. The summed E-state index contributed by atoms with van der Waals surface area (Å²) in [7, 11) is 1.39. The van der Waals surface area contributed by atoms with Crippen molar-refractivity contribution in [2.24, 2.45) is 0 Å². The Morgan fingerprint density at radius 2 is 1.42 bits per heavy atom. The Balaban J connectivity index is 2.03. The van der Waals surface area contributed by atoms with Gasteiger partial charge in [-0.05, 0) is 47.5 Å². The zero-order valence-corrected chi connectivity index (χ0v) is 16.4. The molecule has 0 spiro atoms. The number of hydrogen-bond acceptors (Lipinski definition) is 8. The zero-order valence-electron chi connectivity index (χ0n) is 16.4. The number of ether oxygens (including phenoxy) is 1. The van der Waals surface area contributed by atoms with Crippen molar-refractivity contribution in [3.63, 3.8) is 0 Å². The van der Waals surface area contributed by atoms with Crippen LogP contribution in [-0.2, 0) is 19.2 Å². The molecule has 2 rings (SSSR count). The summed E-state index contributed by atoms with van der Waals surface area (Å²) in [5, 5.41) is 19.2. The van der Waals surface area contributed by atoms with Crippen LogP contribution in [0.2, 0.25) is 0 Å². The van der Waals surface area contributed by atoms with E-state index >= 15 is 0 Å². The van der Waals surface area contributed by atoms with Gasteiger partial charge in [0, 0.05) is 0 Å². The summed E-state index contributed by atoms with van der Waals surface area (Å²) >= 11 is 0. The van der Waals surface area contributed by atoms with E-state index in [1.807, 2.05) is 0 Å². The van der Waals surface area contributed by atoms with Gasteiger partial charge in [0.05, 0.1) is 19.1 Å². The number of rotatable bonds is 10. The largest absolute Gasteiger partial charge is 0.507 e. The molecule has 0 aliphatic heterocycles. The third-order valence-corrected chi connectivity index (χ3v) is 4.07. The number of carbonyl (C=O) groups excluding carboxylic acids is 5. The minimum atomic E-state index is -1.31. The molecule has 0 saturated heterocycles. The van der Waals surface area contributed by atoms with Crippen molar-refractivity contribution in [3.05, 3.63) is 65.2 Å². The molecule has 158 valence electrons. The molecule has 31 heavy (non-hydrogen) atoms. The third-order valence-electron chi connectivity index (χ3n) is 4.07. The molecule has 0 radical (unpaired) electrons. The number of hydrogen-bond donors (Lipinski definition) is 2. The topological polar surface area (TPSA) is 135 Å². The second-order valence-electron chi connectivity index (χ2n) is 6.30. The average Bonchev–Trinajstić information content (AvgIpc) is 2.76. The number of carbonyl (C=O) groups is 5. The summed E-state index contributed by atoms with van der Waals surface area (Å²) in [6.07, 6.45) is 4.57. The van der Waals surface area contributed by atoms with Gasteiger partial charge in [0.2, 0.25) is 5.78 Å². The number of methoxy groups -OCH3 is 1. The summed E-state index contributed by atoms with van der Waals surface area (Å²) in [4.78, 5) is 57.4. The molecule has 0 aromatic heterocycles. The molecule has 0 bridgehead atoms. The molecular weight excluding hydrogens is 404 g/mol. The Bertz CT molecular complexity index is 1110. The molecule has 0 aliphatic carbocycles. The molecule has 8 heteroatoms. The summed E-state index contributed by atoms with van der Waals surface area (Å²) in [6.45, 7) is 0. The van der Waals surface area contributed by atoms with Gasteiger partial charge in [0.25, 0.3) is 5.78 Å². The molecular formula is C23H18O8. The summed E-state index contributed by atoms with van der Waals surface area (Å²) in [5.41, 5.74) is 0.541. The lowest BCUT2D eigenvalue weighted by Gasteiger charge is -2.03. The van der Waals surface area contributed by atoms with Gasteiger partial charge in [-0.2, -0.15) is 0 Å². The molecule has 0 atom stereocenters. The normalized spacial score (nSPS) is 10.9. The van der Waals surface area contributed by atoms with Gasteiger partial charge in [-0.1, -0.05) is 24.3 Å². The number of aldehydes is 1. The fraction of sp³-hybridized carbons (Fsp3) is 0.0870. The molecule has 2 aromatic rings. The highest BCUT2D eigenvalue weighted by Crippen LogP contribution is 2.26. The second kappa shape index (κ2) is 10.4. The molecule has 2 aromatic carbocycles. The Labute approximate surface area is 177 Å². The number of ketones is 4. The van der Waals surface area contributed by atoms with Crippen LogP contribution in [0.25, 0.3) is 12.2 Å². The lowest BCUT2D eigenvalue weighted by atomic mass is 10.0. The molecule has 0 saturated carbocycles. The van der Waals surface area contributed by atoms with Gasteiger partial charge in [-0.25, -0.2) is 0 Å². The lowest BCUT2D eigenvalue weighted by Crippen LogP contribution is -2.15. The van der Waals surface area contributed by atoms with Crippen LogP contribution in [0.15, 0.2) is 48.6 Å². The minimum absolute atomic E-state index is 0.0408. The van der Waals surface area contributed by atoms with Crippen LogP contribution in [0.1, 0.15) is 27.9 Å². The zero-order chi connectivity index (χ0) is 23.0. The van der Waals surface area contributed by atoms with Crippen molar-refractivity contribution in [2.75, 3.05) is 7.11 Å². The maximum atomic E-state index is 12.0. The van der Waals surface area contributed by atoms with E-state index in [9.17, 15) is 34.2 Å². The number of Topliss-reactive ketones (excluding diaryl/α,β-unsaturated/α-hetero) is 2. The molecule has 2 N–H and O–H groups in total. The maximum absolute atomic E-state index is 12.0. The summed E-state index contributed by atoms with van der Waals surface area (Å²) in [6, 6.07) is 8.21. The first-order valence-electron chi connectivity index (χ1n) is 8.91. The van der Waals surface area contributed by atoms with Crippen molar-refractivity contribution in [3.8, 4) is 17.2 Å². The predicted molar refractivity (Wildman–Crippen MR) is 111 cm³/mol. The van der Waals surface area contributed by atoms with Gasteiger partial charge in [0.1, 0.15) is 5.75 Å². The number of phenolic OH excluding ortho intramolecular Hbond substituents is 2. The van der Waals surface area contributed by atoms with Gasteiger partial charge < -0.3 is 14.9 Å². The number of phenols is 2. The lowest BCUT2D eigenvalue weighted by molar-refractivity contribution is -0.126.